The Hall–Kier alpha value is -3.76. The zero-order valence-electron chi connectivity index (χ0n) is 20.7. The number of anilines is 1. The number of nitrogens with one attached hydrogen (secondary N) is 3. The molecule has 4 rings (SSSR count). The standard InChI is InChI=1S/C26H31N5O5/c1-4-28-24(32)31-23-13-21-20(17-7-10-27-11-8-17)6-5-18(22(21)15-29-23)14-30-25(33)34-12-9-19-16-35-26(2,3)36-19/h5-8,10-11,13,15,19H,4,9,12,14,16H2,1-3H3,(H,30,33)(H2,28,29,31,32). The first-order chi connectivity index (χ1) is 17.3. The number of amides is 3. The van der Waals surface area contributed by atoms with Crippen LogP contribution in [0.5, 0.6) is 0 Å². The molecule has 3 N–H and O–H groups in total. The molecular formula is C26H31N5O5. The van der Waals surface area contributed by atoms with Gasteiger partial charge in [0.05, 0.1) is 19.3 Å². The molecule has 3 amide bonds. The second-order valence-electron chi connectivity index (χ2n) is 8.84. The molecule has 0 bridgehead atoms. The molecule has 10 heteroatoms. The summed E-state index contributed by atoms with van der Waals surface area (Å²) >= 11 is 0. The van der Waals surface area contributed by atoms with Crippen LogP contribution in [0.25, 0.3) is 21.9 Å². The smallest absolute Gasteiger partial charge is 0.407 e. The van der Waals surface area contributed by atoms with Gasteiger partial charge in [-0.1, -0.05) is 12.1 Å². The number of benzene rings is 1. The Morgan fingerprint density at radius 1 is 1.14 bits per heavy atom. The summed E-state index contributed by atoms with van der Waals surface area (Å²) in [7, 11) is 0. The van der Waals surface area contributed by atoms with Crippen molar-refractivity contribution in [2.75, 3.05) is 25.1 Å². The van der Waals surface area contributed by atoms with E-state index in [1.54, 1.807) is 18.6 Å². The lowest BCUT2D eigenvalue weighted by molar-refractivity contribution is -0.139. The van der Waals surface area contributed by atoms with E-state index in [2.05, 4.69) is 25.9 Å². The van der Waals surface area contributed by atoms with Gasteiger partial charge in [-0.25, -0.2) is 14.6 Å². The zero-order chi connectivity index (χ0) is 25.5. The van der Waals surface area contributed by atoms with Gasteiger partial charge in [-0.15, -0.1) is 0 Å². The molecule has 0 saturated carbocycles. The van der Waals surface area contributed by atoms with E-state index in [1.807, 2.05) is 51.1 Å². The first-order valence-electron chi connectivity index (χ1n) is 11.9. The van der Waals surface area contributed by atoms with Crippen LogP contribution < -0.4 is 16.0 Å². The fourth-order valence-electron chi connectivity index (χ4n) is 4.03. The number of ether oxygens (including phenoxy) is 3. The molecule has 0 spiro atoms. The zero-order valence-corrected chi connectivity index (χ0v) is 20.7. The average molecular weight is 494 g/mol. The third-order valence-electron chi connectivity index (χ3n) is 5.72. The van der Waals surface area contributed by atoms with Crippen molar-refractivity contribution in [2.24, 2.45) is 0 Å². The van der Waals surface area contributed by atoms with Gasteiger partial charge in [-0.3, -0.25) is 10.3 Å². The SMILES string of the molecule is CCNC(=O)Nc1cc2c(-c3ccncc3)ccc(CNC(=O)OCCC3COC(C)(C)O3)c2cn1. The molecule has 1 saturated heterocycles. The normalized spacial score (nSPS) is 16.5. The Morgan fingerprint density at radius 3 is 2.67 bits per heavy atom. The Balaban J connectivity index is 1.46. The summed E-state index contributed by atoms with van der Waals surface area (Å²) in [6.07, 6.45) is 5.11. The Morgan fingerprint density at radius 2 is 1.94 bits per heavy atom. The van der Waals surface area contributed by atoms with Crippen LogP contribution in [0, 0.1) is 0 Å². The van der Waals surface area contributed by atoms with Crippen LogP contribution >= 0.6 is 0 Å². The highest BCUT2D eigenvalue weighted by atomic mass is 16.7. The lowest BCUT2D eigenvalue weighted by atomic mass is 9.96. The molecule has 10 nitrogen and oxygen atoms in total. The van der Waals surface area contributed by atoms with Gasteiger partial charge in [0, 0.05) is 43.5 Å². The van der Waals surface area contributed by atoms with Gasteiger partial charge in [0.15, 0.2) is 5.79 Å². The number of carbonyl (C=O) groups is 2. The maximum Gasteiger partial charge on any atom is 0.407 e. The topological polar surface area (TPSA) is 124 Å². The number of aromatic nitrogens is 2. The van der Waals surface area contributed by atoms with E-state index in [0.717, 1.165) is 27.5 Å². The van der Waals surface area contributed by atoms with Crippen LogP contribution in [-0.2, 0) is 20.8 Å². The minimum Gasteiger partial charge on any atom is -0.449 e. The van der Waals surface area contributed by atoms with Gasteiger partial charge < -0.3 is 24.8 Å². The average Bonchev–Trinajstić information content (AvgIpc) is 3.21. The quantitative estimate of drug-likeness (QED) is 0.429. The Kier molecular flexibility index (Phi) is 7.97. The highest BCUT2D eigenvalue weighted by Crippen LogP contribution is 2.32. The van der Waals surface area contributed by atoms with Crippen molar-refractivity contribution in [3.8, 4) is 11.1 Å². The predicted octanol–water partition coefficient (Wildman–Crippen LogP) is 4.21. The van der Waals surface area contributed by atoms with Crippen LogP contribution in [-0.4, -0.2) is 53.7 Å². The number of fused-ring (bicyclic) bond motifs is 1. The Labute approximate surface area is 209 Å². The minimum atomic E-state index is -0.598. The summed E-state index contributed by atoms with van der Waals surface area (Å²) in [5.41, 5.74) is 2.80. The summed E-state index contributed by atoms with van der Waals surface area (Å²) < 4.78 is 16.6. The molecule has 3 heterocycles. The van der Waals surface area contributed by atoms with Crippen molar-refractivity contribution >= 4 is 28.7 Å². The largest absolute Gasteiger partial charge is 0.449 e. The molecule has 190 valence electrons. The molecule has 2 aromatic heterocycles. The highest BCUT2D eigenvalue weighted by molar-refractivity contribution is 6.00. The van der Waals surface area contributed by atoms with Crippen LogP contribution in [0.4, 0.5) is 15.4 Å². The summed E-state index contributed by atoms with van der Waals surface area (Å²) in [5, 5.41) is 9.99. The van der Waals surface area contributed by atoms with Crippen LogP contribution in [0.1, 0.15) is 32.8 Å². The van der Waals surface area contributed by atoms with E-state index < -0.39 is 11.9 Å². The van der Waals surface area contributed by atoms with Crippen molar-refractivity contribution in [3.05, 3.63) is 54.5 Å². The number of nitrogens with zero attached hydrogens (tertiary/aromatic N) is 2. The summed E-state index contributed by atoms with van der Waals surface area (Å²) in [6, 6.07) is 9.27. The van der Waals surface area contributed by atoms with Gasteiger partial charge in [0.1, 0.15) is 5.82 Å². The van der Waals surface area contributed by atoms with Gasteiger partial charge in [-0.2, -0.15) is 0 Å². The van der Waals surface area contributed by atoms with Crippen molar-refractivity contribution in [1.82, 2.24) is 20.6 Å². The molecule has 1 unspecified atom stereocenters. The molecule has 1 aliphatic heterocycles. The third-order valence-corrected chi connectivity index (χ3v) is 5.72. The number of hydrogen-bond acceptors (Lipinski definition) is 7. The van der Waals surface area contributed by atoms with Gasteiger partial charge in [0.2, 0.25) is 0 Å². The van der Waals surface area contributed by atoms with Crippen LogP contribution in [0.2, 0.25) is 0 Å². The molecule has 0 aliphatic carbocycles. The van der Waals surface area contributed by atoms with E-state index in [0.29, 0.717) is 25.4 Å². The first-order valence-corrected chi connectivity index (χ1v) is 11.9. The fraction of sp³-hybridized carbons (Fsp3) is 0.385. The molecule has 1 aliphatic rings. The van der Waals surface area contributed by atoms with Crippen molar-refractivity contribution in [1.29, 1.82) is 0 Å². The number of urea groups is 1. The third kappa shape index (κ3) is 6.46. The first kappa shape index (κ1) is 25.3. The number of rotatable bonds is 8. The second-order valence-corrected chi connectivity index (χ2v) is 8.84. The maximum atomic E-state index is 12.3. The van der Waals surface area contributed by atoms with E-state index in [-0.39, 0.29) is 25.3 Å². The maximum absolute atomic E-state index is 12.3. The monoisotopic (exact) mass is 493 g/mol. The molecule has 36 heavy (non-hydrogen) atoms. The molecule has 1 aromatic carbocycles. The van der Waals surface area contributed by atoms with Crippen molar-refractivity contribution in [3.63, 3.8) is 0 Å². The lowest BCUT2D eigenvalue weighted by Gasteiger charge is -2.17. The van der Waals surface area contributed by atoms with E-state index >= 15 is 0 Å². The molecule has 0 radical (unpaired) electrons. The predicted molar refractivity (Wildman–Crippen MR) is 135 cm³/mol. The van der Waals surface area contributed by atoms with Crippen molar-refractivity contribution < 1.29 is 23.8 Å². The lowest BCUT2D eigenvalue weighted by Crippen LogP contribution is -2.28. The fourth-order valence-corrected chi connectivity index (χ4v) is 4.03. The second kappa shape index (κ2) is 11.3. The van der Waals surface area contributed by atoms with Crippen LogP contribution in [0.3, 0.4) is 0 Å². The number of carbonyl (C=O) groups excluding carboxylic acids is 2. The number of pyridine rings is 2. The number of hydrogen-bond donors (Lipinski definition) is 3. The molecule has 1 atom stereocenters. The molecule has 3 aromatic rings. The van der Waals surface area contributed by atoms with Crippen molar-refractivity contribution in [2.45, 2.75) is 45.6 Å². The minimum absolute atomic E-state index is 0.0919. The molecule has 1 fully saturated rings. The summed E-state index contributed by atoms with van der Waals surface area (Å²) in [6.45, 7) is 7.04. The highest BCUT2D eigenvalue weighted by Gasteiger charge is 2.32. The van der Waals surface area contributed by atoms with Gasteiger partial charge in [-0.05, 0) is 61.0 Å². The molecular weight excluding hydrogens is 462 g/mol. The number of alkyl carbamates (subject to hydrolysis) is 1. The van der Waals surface area contributed by atoms with E-state index in [9.17, 15) is 9.59 Å². The summed E-state index contributed by atoms with van der Waals surface area (Å²) in [5.74, 6) is -0.172. The van der Waals surface area contributed by atoms with Gasteiger partial charge >= 0.3 is 12.1 Å². The van der Waals surface area contributed by atoms with Gasteiger partial charge in [0.25, 0.3) is 0 Å². The van der Waals surface area contributed by atoms with Crippen LogP contribution in [0.15, 0.2) is 48.9 Å². The van der Waals surface area contributed by atoms with E-state index in [1.165, 1.54) is 0 Å². The Bertz CT molecular complexity index is 1220. The summed E-state index contributed by atoms with van der Waals surface area (Å²) in [4.78, 5) is 32.8. The van der Waals surface area contributed by atoms with E-state index in [4.69, 9.17) is 14.2 Å².